The van der Waals surface area contributed by atoms with Crippen molar-refractivity contribution in [2.45, 2.75) is 6.92 Å². The summed E-state index contributed by atoms with van der Waals surface area (Å²) in [6, 6.07) is 11.5. The molecule has 1 saturated heterocycles. The molecular formula is C26H27N3O8. The van der Waals surface area contributed by atoms with E-state index in [1.54, 1.807) is 41.3 Å². The largest absolute Gasteiger partial charge is 0.493 e. The van der Waals surface area contributed by atoms with Crippen molar-refractivity contribution in [3.8, 4) is 17.2 Å². The third kappa shape index (κ3) is 6.85. The van der Waals surface area contributed by atoms with Gasteiger partial charge in [-0.3, -0.25) is 9.59 Å². The molecule has 2 heterocycles. The fraction of sp³-hybridized carbons (Fsp3) is 0.308. The minimum Gasteiger partial charge on any atom is -0.493 e. The Morgan fingerprint density at radius 2 is 1.86 bits per heavy atom. The van der Waals surface area contributed by atoms with Crippen molar-refractivity contribution in [3.05, 3.63) is 64.0 Å². The van der Waals surface area contributed by atoms with Crippen LogP contribution in [0.1, 0.15) is 11.1 Å². The van der Waals surface area contributed by atoms with Gasteiger partial charge < -0.3 is 28.3 Å². The molecule has 0 unspecified atom stereocenters. The molecule has 1 fully saturated rings. The molecule has 1 aliphatic heterocycles. The van der Waals surface area contributed by atoms with Gasteiger partial charge in [-0.05, 0) is 48.4 Å². The van der Waals surface area contributed by atoms with Gasteiger partial charge in [-0.2, -0.15) is 5.10 Å². The SMILES string of the molecule is COc1cc(/C=N\NC(=O)COc2ccc3c(C)cc(=O)oc3c2)ccc1OCC(=O)N1CCOCC1. The monoisotopic (exact) mass is 509 g/mol. The third-order valence-corrected chi connectivity index (χ3v) is 5.60. The van der Waals surface area contributed by atoms with Crippen LogP contribution >= 0.6 is 0 Å². The maximum Gasteiger partial charge on any atom is 0.336 e. The van der Waals surface area contributed by atoms with Crippen LogP contribution in [0.15, 0.2) is 56.8 Å². The van der Waals surface area contributed by atoms with E-state index >= 15 is 0 Å². The Hall–Kier alpha value is -4.38. The number of ether oxygens (including phenoxy) is 4. The van der Waals surface area contributed by atoms with Gasteiger partial charge in [0, 0.05) is 30.6 Å². The Labute approximate surface area is 212 Å². The number of hydrogen-bond acceptors (Lipinski definition) is 9. The molecule has 1 aliphatic rings. The van der Waals surface area contributed by atoms with Crippen LogP contribution < -0.4 is 25.3 Å². The van der Waals surface area contributed by atoms with Gasteiger partial charge in [0.05, 0.1) is 26.5 Å². The van der Waals surface area contributed by atoms with Crippen molar-refractivity contribution in [1.29, 1.82) is 0 Å². The lowest BCUT2D eigenvalue weighted by molar-refractivity contribution is -0.137. The number of nitrogens with zero attached hydrogens (tertiary/aromatic N) is 2. The summed E-state index contributed by atoms with van der Waals surface area (Å²) in [5, 5.41) is 4.72. The first-order valence-corrected chi connectivity index (χ1v) is 11.6. The normalized spacial score (nSPS) is 13.5. The Morgan fingerprint density at radius 3 is 2.65 bits per heavy atom. The molecule has 2 amide bonds. The number of morpholine rings is 1. The molecule has 0 atom stereocenters. The highest BCUT2D eigenvalue weighted by molar-refractivity contribution is 5.84. The quantitative estimate of drug-likeness (QED) is 0.263. The summed E-state index contributed by atoms with van der Waals surface area (Å²) >= 11 is 0. The maximum absolute atomic E-state index is 12.3. The maximum atomic E-state index is 12.3. The van der Waals surface area contributed by atoms with E-state index in [0.717, 1.165) is 10.9 Å². The summed E-state index contributed by atoms with van der Waals surface area (Å²) in [4.78, 5) is 37.7. The van der Waals surface area contributed by atoms with Crippen molar-refractivity contribution in [3.63, 3.8) is 0 Å². The van der Waals surface area contributed by atoms with E-state index in [0.29, 0.717) is 54.7 Å². The lowest BCUT2D eigenvalue weighted by Crippen LogP contribution is -2.43. The number of carbonyl (C=O) groups is 2. The molecule has 4 rings (SSSR count). The van der Waals surface area contributed by atoms with Crippen LogP contribution in [0.25, 0.3) is 11.0 Å². The number of methoxy groups -OCH3 is 1. The van der Waals surface area contributed by atoms with Gasteiger partial charge in [-0.25, -0.2) is 10.2 Å². The van der Waals surface area contributed by atoms with E-state index in [1.165, 1.54) is 19.4 Å². The minimum absolute atomic E-state index is 0.108. The smallest absolute Gasteiger partial charge is 0.336 e. The molecule has 37 heavy (non-hydrogen) atoms. The first-order chi connectivity index (χ1) is 17.9. The van der Waals surface area contributed by atoms with Crippen molar-refractivity contribution >= 4 is 29.0 Å². The van der Waals surface area contributed by atoms with E-state index in [4.69, 9.17) is 23.4 Å². The van der Waals surface area contributed by atoms with E-state index in [1.807, 2.05) is 6.92 Å². The molecular weight excluding hydrogens is 482 g/mol. The summed E-state index contributed by atoms with van der Waals surface area (Å²) in [5.74, 6) is 0.624. The van der Waals surface area contributed by atoms with Gasteiger partial charge in [0.25, 0.3) is 11.8 Å². The molecule has 0 bridgehead atoms. The van der Waals surface area contributed by atoms with Crippen molar-refractivity contribution in [2.75, 3.05) is 46.6 Å². The molecule has 3 aromatic rings. The van der Waals surface area contributed by atoms with Crippen LogP contribution in [-0.4, -0.2) is 69.6 Å². The van der Waals surface area contributed by atoms with E-state index in [2.05, 4.69) is 10.5 Å². The van der Waals surface area contributed by atoms with Crippen LogP contribution in [0.3, 0.4) is 0 Å². The number of nitrogens with one attached hydrogen (secondary N) is 1. The Bertz CT molecular complexity index is 1360. The van der Waals surface area contributed by atoms with Crippen LogP contribution in [0, 0.1) is 6.92 Å². The number of hydrazone groups is 1. The van der Waals surface area contributed by atoms with Crippen molar-refractivity contribution < 1.29 is 33.0 Å². The molecule has 1 aromatic heterocycles. The molecule has 11 nitrogen and oxygen atoms in total. The molecule has 0 radical (unpaired) electrons. The lowest BCUT2D eigenvalue weighted by Gasteiger charge is -2.26. The summed E-state index contributed by atoms with van der Waals surface area (Å²) in [5.41, 5.74) is 3.75. The van der Waals surface area contributed by atoms with Gasteiger partial charge in [-0.15, -0.1) is 0 Å². The second kappa shape index (κ2) is 12.0. The first-order valence-electron chi connectivity index (χ1n) is 11.6. The number of amides is 2. The number of aryl methyl sites for hydroxylation is 1. The van der Waals surface area contributed by atoms with E-state index in [-0.39, 0.29) is 19.1 Å². The van der Waals surface area contributed by atoms with E-state index in [9.17, 15) is 14.4 Å². The van der Waals surface area contributed by atoms with Gasteiger partial charge in [-0.1, -0.05) is 0 Å². The van der Waals surface area contributed by atoms with Gasteiger partial charge in [0.2, 0.25) is 0 Å². The number of benzene rings is 2. The number of hydrogen-bond donors (Lipinski definition) is 1. The molecule has 1 N–H and O–H groups in total. The van der Waals surface area contributed by atoms with Crippen molar-refractivity contribution in [1.82, 2.24) is 10.3 Å². The number of fused-ring (bicyclic) bond motifs is 1. The summed E-state index contributed by atoms with van der Waals surface area (Å²) in [6.07, 6.45) is 1.44. The molecule has 0 saturated carbocycles. The zero-order chi connectivity index (χ0) is 26.2. The van der Waals surface area contributed by atoms with Crippen molar-refractivity contribution in [2.24, 2.45) is 5.10 Å². The third-order valence-electron chi connectivity index (χ3n) is 5.60. The molecule has 11 heteroatoms. The van der Waals surface area contributed by atoms with E-state index < -0.39 is 11.5 Å². The molecule has 0 spiro atoms. The molecule has 0 aliphatic carbocycles. The summed E-state index contributed by atoms with van der Waals surface area (Å²) < 4.78 is 26.9. The van der Waals surface area contributed by atoms with Gasteiger partial charge in [0.15, 0.2) is 24.7 Å². The van der Waals surface area contributed by atoms with Crippen LogP contribution in [0.5, 0.6) is 17.2 Å². The fourth-order valence-corrected chi connectivity index (χ4v) is 3.68. The molecule has 194 valence electrons. The highest BCUT2D eigenvalue weighted by Crippen LogP contribution is 2.27. The zero-order valence-corrected chi connectivity index (χ0v) is 20.5. The number of carbonyl (C=O) groups excluding carboxylic acids is 2. The molecule has 2 aromatic carbocycles. The van der Waals surface area contributed by atoms with Crippen LogP contribution in [0.4, 0.5) is 0 Å². The second-order valence-corrected chi connectivity index (χ2v) is 8.18. The standard InChI is InChI=1S/C26H27N3O8/c1-17-11-26(32)37-22-13-19(4-5-20(17)22)35-15-24(30)28-27-14-18-3-6-21(23(12-18)33-2)36-16-25(31)29-7-9-34-10-8-29/h3-6,11-14H,7-10,15-16H2,1-2H3,(H,28,30)/b27-14-. The topological polar surface area (TPSA) is 129 Å². The lowest BCUT2D eigenvalue weighted by atomic mass is 10.1. The van der Waals surface area contributed by atoms with Crippen LogP contribution in [0.2, 0.25) is 0 Å². The summed E-state index contributed by atoms with van der Waals surface area (Å²) in [7, 11) is 1.49. The zero-order valence-electron chi connectivity index (χ0n) is 20.5. The van der Waals surface area contributed by atoms with Gasteiger partial charge >= 0.3 is 5.63 Å². The second-order valence-electron chi connectivity index (χ2n) is 8.18. The predicted octanol–water partition coefficient (Wildman–Crippen LogP) is 1.88. The highest BCUT2D eigenvalue weighted by atomic mass is 16.5. The van der Waals surface area contributed by atoms with Crippen LogP contribution in [-0.2, 0) is 14.3 Å². The Morgan fingerprint density at radius 1 is 1.05 bits per heavy atom. The average molecular weight is 510 g/mol. The first kappa shape index (κ1) is 25.7. The average Bonchev–Trinajstić information content (AvgIpc) is 2.91. The summed E-state index contributed by atoms with van der Waals surface area (Å²) in [6.45, 7) is 3.56. The minimum atomic E-state index is -0.476. The Balaban J connectivity index is 1.28. The fourth-order valence-electron chi connectivity index (χ4n) is 3.68. The highest BCUT2D eigenvalue weighted by Gasteiger charge is 2.18. The van der Waals surface area contributed by atoms with Gasteiger partial charge in [0.1, 0.15) is 11.3 Å². The predicted molar refractivity (Wildman–Crippen MR) is 134 cm³/mol. The number of rotatable bonds is 9. The Kier molecular flexibility index (Phi) is 8.37.